The zero-order valence-corrected chi connectivity index (χ0v) is 10.1. The number of aromatic nitrogens is 5. The molecule has 2 aromatic rings. The van der Waals surface area contributed by atoms with Crippen LogP contribution >= 0.6 is 22.6 Å². The summed E-state index contributed by atoms with van der Waals surface area (Å²) in [6, 6.07) is 0. The van der Waals surface area contributed by atoms with Crippen LogP contribution < -0.4 is 0 Å². The lowest BCUT2D eigenvalue weighted by atomic mass is 10.4. The highest BCUT2D eigenvalue weighted by molar-refractivity contribution is 14.1. The molecule has 2 rings (SSSR count). The molecule has 2 heterocycles. The average Bonchev–Trinajstić information content (AvgIpc) is 2.63. The van der Waals surface area contributed by atoms with E-state index in [0.29, 0.717) is 6.54 Å². The minimum absolute atomic E-state index is 0.667. The first-order chi connectivity index (χ1) is 6.66. The topological polar surface area (TPSA) is 48.5 Å². The van der Waals surface area contributed by atoms with E-state index in [0.717, 1.165) is 9.53 Å². The van der Waals surface area contributed by atoms with Crippen LogP contribution in [-0.2, 0) is 13.6 Å². The average molecular weight is 303 g/mol. The maximum absolute atomic E-state index is 4.35. The Morgan fingerprint density at radius 1 is 1.50 bits per heavy atom. The van der Waals surface area contributed by atoms with Crippen molar-refractivity contribution >= 4 is 22.6 Å². The molecule has 0 aliphatic rings. The van der Waals surface area contributed by atoms with Crippen molar-refractivity contribution in [3.63, 3.8) is 0 Å². The van der Waals surface area contributed by atoms with Crippen molar-refractivity contribution in [2.75, 3.05) is 0 Å². The van der Waals surface area contributed by atoms with Gasteiger partial charge in [0.15, 0.2) is 0 Å². The fourth-order valence-corrected chi connectivity index (χ4v) is 1.60. The fourth-order valence-electron chi connectivity index (χ4n) is 1.19. The maximum Gasteiger partial charge on any atom is 0.148 e. The van der Waals surface area contributed by atoms with Gasteiger partial charge in [-0.15, -0.1) is 0 Å². The van der Waals surface area contributed by atoms with E-state index in [1.54, 1.807) is 11.0 Å². The van der Waals surface area contributed by atoms with E-state index in [1.165, 1.54) is 5.56 Å². The zero-order chi connectivity index (χ0) is 10.1. The van der Waals surface area contributed by atoms with E-state index in [1.807, 2.05) is 24.9 Å². The summed E-state index contributed by atoms with van der Waals surface area (Å²) in [6.45, 7) is 2.71. The van der Waals surface area contributed by atoms with Crippen molar-refractivity contribution < 1.29 is 0 Å². The molecule has 74 valence electrons. The second kappa shape index (κ2) is 3.68. The van der Waals surface area contributed by atoms with E-state index < -0.39 is 0 Å². The zero-order valence-electron chi connectivity index (χ0n) is 7.98. The Balaban J connectivity index is 2.23. The SMILES string of the molecule is Cc1cn(Cc2ncnn2C)nc1I. The Morgan fingerprint density at radius 2 is 2.29 bits per heavy atom. The summed E-state index contributed by atoms with van der Waals surface area (Å²) >= 11 is 2.22. The summed E-state index contributed by atoms with van der Waals surface area (Å²) in [5.41, 5.74) is 1.19. The Kier molecular flexibility index (Phi) is 2.53. The van der Waals surface area contributed by atoms with Crippen LogP contribution in [-0.4, -0.2) is 24.5 Å². The summed E-state index contributed by atoms with van der Waals surface area (Å²) < 4.78 is 4.66. The van der Waals surface area contributed by atoms with Crippen molar-refractivity contribution in [1.82, 2.24) is 24.5 Å². The summed E-state index contributed by atoms with van der Waals surface area (Å²) in [6.07, 6.45) is 3.56. The second-order valence-corrected chi connectivity index (χ2v) is 4.12. The molecule has 0 bridgehead atoms. The van der Waals surface area contributed by atoms with Crippen LogP contribution in [0.5, 0.6) is 0 Å². The molecule has 0 unspecified atom stereocenters. The van der Waals surface area contributed by atoms with Crippen molar-refractivity contribution in [3.8, 4) is 0 Å². The highest BCUT2D eigenvalue weighted by Gasteiger charge is 2.05. The van der Waals surface area contributed by atoms with Gasteiger partial charge in [0, 0.05) is 18.8 Å². The van der Waals surface area contributed by atoms with Crippen LogP contribution in [0.1, 0.15) is 11.4 Å². The molecule has 0 amide bonds. The second-order valence-electron chi connectivity index (χ2n) is 3.10. The van der Waals surface area contributed by atoms with Crippen molar-refractivity contribution in [2.45, 2.75) is 13.5 Å². The first kappa shape index (κ1) is 9.63. The number of rotatable bonds is 2. The number of halogens is 1. The minimum atomic E-state index is 0.667. The molecule has 2 aromatic heterocycles. The van der Waals surface area contributed by atoms with Crippen LogP contribution in [0.2, 0.25) is 0 Å². The Bertz CT molecular complexity index is 425. The number of nitrogens with zero attached hydrogens (tertiary/aromatic N) is 5. The van der Waals surface area contributed by atoms with Gasteiger partial charge in [-0.05, 0) is 29.5 Å². The van der Waals surface area contributed by atoms with E-state index in [9.17, 15) is 0 Å². The van der Waals surface area contributed by atoms with Gasteiger partial charge in [-0.25, -0.2) is 4.98 Å². The van der Waals surface area contributed by atoms with Gasteiger partial charge in [-0.2, -0.15) is 10.2 Å². The largest absolute Gasteiger partial charge is 0.264 e. The molecule has 6 heteroatoms. The molecule has 0 spiro atoms. The molecular formula is C8H10IN5. The first-order valence-electron chi connectivity index (χ1n) is 4.19. The van der Waals surface area contributed by atoms with Gasteiger partial charge in [0.25, 0.3) is 0 Å². The molecule has 0 aliphatic carbocycles. The standard InChI is InChI=1S/C8H10IN5/c1-6-3-14(12-8(6)9)4-7-10-5-11-13(7)2/h3,5H,4H2,1-2H3. The van der Waals surface area contributed by atoms with Crippen LogP contribution in [0.25, 0.3) is 0 Å². The highest BCUT2D eigenvalue weighted by Crippen LogP contribution is 2.08. The van der Waals surface area contributed by atoms with E-state index in [4.69, 9.17) is 0 Å². The lowest BCUT2D eigenvalue weighted by molar-refractivity contribution is 0.605. The molecule has 0 saturated carbocycles. The fraction of sp³-hybridized carbons (Fsp3) is 0.375. The molecule has 0 aromatic carbocycles. The molecular weight excluding hydrogens is 293 g/mol. The summed E-state index contributed by atoms with van der Waals surface area (Å²) in [5, 5.41) is 8.35. The highest BCUT2D eigenvalue weighted by atomic mass is 127. The Morgan fingerprint density at radius 3 is 2.79 bits per heavy atom. The molecule has 0 atom stereocenters. The third-order valence-electron chi connectivity index (χ3n) is 1.99. The molecule has 0 N–H and O–H groups in total. The van der Waals surface area contributed by atoms with Crippen molar-refractivity contribution in [3.05, 3.63) is 27.6 Å². The first-order valence-corrected chi connectivity index (χ1v) is 5.27. The van der Waals surface area contributed by atoms with Crippen LogP contribution in [0, 0.1) is 10.6 Å². The normalized spacial score (nSPS) is 10.8. The van der Waals surface area contributed by atoms with E-state index in [-0.39, 0.29) is 0 Å². The molecule has 5 nitrogen and oxygen atoms in total. The Hall–Kier alpha value is -0.920. The van der Waals surface area contributed by atoms with Gasteiger partial charge in [0.1, 0.15) is 22.4 Å². The van der Waals surface area contributed by atoms with Crippen molar-refractivity contribution in [2.24, 2.45) is 7.05 Å². The van der Waals surface area contributed by atoms with Gasteiger partial charge < -0.3 is 0 Å². The van der Waals surface area contributed by atoms with Crippen LogP contribution in [0.3, 0.4) is 0 Å². The molecule has 0 aliphatic heterocycles. The third kappa shape index (κ3) is 1.79. The predicted molar refractivity (Wildman–Crippen MR) is 59.8 cm³/mol. The number of hydrogen-bond donors (Lipinski definition) is 0. The van der Waals surface area contributed by atoms with Crippen molar-refractivity contribution in [1.29, 1.82) is 0 Å². The third-order valence-corrected chi connectivity index (χ3v) is 3.06. The van der Waals surface area contributed by atoms with Gasteiger partial charge in [-0.3, -0.25) is 9.36 Å². The lowest BCUT2D eigenvalue weighted by Gasteiger charge is -1.99. The number of hydrogen-bond acceptors (Lipinski definition) is 3. The quantitative estimate of drug-likeness (QED) is 0.777. The van der Waals surface area contributed by atoms with Crippen LogP contribution in [0.4, 0.5) is 0 Å². The molecule has 0 saturated heterocycles. The summed E-state index contributed by atoms with van der Waals surface area (Å²) in [5.74, 6) is 0.906. The predicted octanol–water partition coefficient (Wildman–Crippen LogP) is 0.973. The van der Waals surface area contributed by atoms with Gasteiger partial charge >= 0.3 is 0 Å². The van der Waals surface area contributed by atoms with Gasteiger partial charge in [-0.1, -0.05) is 0 Å². The summed E-state index contributed by atoms with van der Waals surface area (Å²) in [7, 11) is 1.88. The maximum atomic E-state index is 4.35. The monoisotopic (exact) mass is 303 g/mol. The Labute approximate surface area is 95.3 Å². The molecule has 14 heavy (non-hydrogen) atoms. The number of aryl methyl sites for hydroxylation is 2. The lowest BCUT2D eigenvalue weighted by Crippen LogP contribution is -2.07. The smallest absolute Gasteiger partial charge is 0.148 e. The minimum Gasteiger partial charge on any atom is -0.264 e. The van der Waals surface area contributed by atoms with Crippen LogP contribution in [0.15, 0.2) is 12.5 Å². The van der Waals surface area contributed by atoms with Gasteiger partial charge in [0.05, 0.1) is 0 Å². The van der Waals surface area contributed by atoms with E-state index in [2.05, 4.69) is 37.8 Å². The van der Waals surface area contributed by atoms with Gasteiger partial charge in [0.2, 0.25) is 0 Å². The molecule has 0 radical (unpaired) electrons. The van der Waals surface area contributed by atoms with E-state index >= 15 is 0 Å². The molecule has 0 fully saturated rings. The summed E-state index contributed by atoms with van der Waals surface area (Å²) in [4.78, 5) is 4.14.